The van der Waals surface area contributed by atoms with Gasteiger partial charge in [0, 0.05) is 18.9 Å². The Kier molecular flexibility index (Phi) is 3.79. The van der Waals surface area contributed by atoms with Crippen LogP contribution in [-0.4, -0.2) is 22.7 Å². The monoisotopic (exact) mass is 245 g/mol. The zero-order valence-electron chi connectivity index (χ0n) is 10.2. The summed E-state index contributed by atoms with van der Waals surface area (Å²) in [5, 5.41) is 9.94. The van der Waals surface area contributed by atoms with Crippen molar-refractivity contribution in [1.82, 2.24) is 5.06 Å². The Hall–Kier alpha value is -2.07. The number of hydrogen-bond donors (Lipinski definition) is 1. The maximum Gasteiger partial charge on any atom is 0.242 e. The molecule has 1 aromatic carbocycles. The Balaban J connectivity index is 2.01. The zero-order chi connectivity index (χ0) is 13.0. The van der Waals surface area contributed by atoms with Gasteiger partial charge in [-0.3, -0.25) is 10.0 Å². The van der Waals surface area contributed by atoms with Crippen molar-refractivity contribution < 1.29 is 14.4 Å². The molecule has 4 heteroatoms. The molecule has 0 saturated carbocycles. The third kappa shape index (κ3) is 2.99. The summed E-state index contributed by atoms with van der Waals surface area (Å²) in [6, 6.07) is 13.5. The first kappa shape index (κ1) is 12.4. The highest BCUT2D eigenvalue weighted by atomic mass is 16.5. The predicted molar refractivity (Wildman–Crippen MR) is 67.0 cm³/mol. The minimum Gasteiger partial charge on any atom is -0.461 e. The maximum atomic E-state index is 10.8. The largest absolute Gasteiger partial charge is 0.461 e. The van der Waals surface area contributed by atoms with Crippen LogP contribution in [0.5, 0.6) is 0 Å². The number of nitrogens with zero attached hydrogens (tertiary/aromatic N) is 1. The zero-order valence-corrected chi connectivity index (χ0v) is 10.2. The van der Waals surface area contributed by atoms with Gasteiger partial charge in [0.2, 0.25) is 5.91 Å². The minimum atomic E-state index is -0.371. The Morgan fingerprint density at radius 2 is 1.94 bits per heavy atom. The number of rotatable bonds is 4. The summed E-state index contributed by atoms with van der Waals surface area (Å²) in [7, 11) is 0. The molecule has 0 aliphatic carbocycles. The van der Waals surface area contributed by atoms with E-state index in [0.29, 0.717) is 11.5 Å². The number of hydrogen-bond acceptors (Lipinski definition) is 3. The summed E-state index contributed by atoms with van der Waals surface area (Å²) in [5.74, 6) is 1.16. The summed E-state index contributed by atoms with van der Waals surface area (Å²) in [5.41, 5.74) is 1.01. The van der Waals surface area contributed by atoms with Gasteiger partial charge in [0.1, 0.15) is 11.5 Å². The minimum absolute atomic E-state index is 0.233. The van der Waals surface area contributed by atoms with Crippen molar-refractivity contribution in [3.8, 4) is 11.3 Å². The van der Waals surface area contributed by atoms with Gasteiger partial charge in [-0.25, -0.2) is 5.06 Å². The van der Waals surface area contributed by atoms with Crippen molar-refractivity contribution in [3.63, 3.8) is 0 Å². The van der Waals surface area contributed by atoms with Crippen LogP contribution in [-0.2, 0) is 11.2 Å². The first-order valence-corrected chi connectivity index (χ1v) is 5.78. The molecule has 18 heavy (non-hydrogen) atoms. The van der Waals surface area contributed by atoms with Gasteiger partial charge in [0.05, 0.1) is 6.54 Å². The van der Waals surface area contributed by atoms with Gasteiger partial charge in [0.25, 0.3) is 0 Å². The highest BCUT2D eigenvalue weighted by Crippen LogP contribution is 2.21. The molecule has 94 valence electrons. The van der Waals surface area contributed by atoms with Gasteiger partial charge in [-0.15, -0.1) is 0 Å². The first-order valence-electron chi connectivity index (χ1n) is 5.78. The third-order valence-corrected chi connectivity index (χ3v) is 2.65. The summed E-state index contributed by atoms with van der Waals surface area (Å²) < 4.78 is 5.65. The quantitative estimate of drug-likeness (QED) is 0.665. The Labute approximate surface area is 105 Å². The number of benzene rings is 1. The second-order valence-electron chi connectivity index (χ2n) is 4.02. The molecule has 2 rings (SSSR count). The lowest BCUT2D eigenvalue weighted by Crippen LogP contribution is -2.26. The molecule has 0 aliphatic rings. The number of carbonyl (C=O) groups is 1. The Morgan fingerprint density at radius 1 is 1.22 bits per heavy atom. The molecule has 0 radical (unpaired) electrons. The number of carbonyl (C=O) groups excluding carboxylic acids is 1. The highest BCUT2D eigenvalue weighted by molar-refractivity contribution is 5.71. The van der Waals surface area contributed by atoms with Crippen molar-refractivity contribution in [2.75, 3.05) is 6.54 Å². The van der Waals surface area contributed by atoms with Crippen LogP contribution in [0, 0.1) is 0 Å². The van der Waals surface area contributed by atoms with Crippen molar-refractivity contribution in [2.45, 2.75) is 13.3 Å². The van der Waals surface area contributed by atoms with E-state index >= 15 is 0 Å². The fourth-order valence-electron chi connectivity index (χ4n) is 1.64. The van der Waals surface area contributed by atoms with E-state index in [0.717, 1.165) is 17.1 Å². The van der Waals surface area contributed by atoms with Crippen LogP contribution in [0.1, 0.15) is 12.7 Å². The van der Waals surface area contributed by atoms with Crippen molar-refractivity contribution >= 4 is 5.91 Å². The highest BCUT2D eigenvalue weighted by Gasteiger charge is 2.08. The fraction of sp³-hybridized carbons (Fsp3) is 0.214. The number of hydroxylamine groups is 2. The summed E-state index contributed by atoms with van der Waals surface area (Å²) in [6.45, 7) is 1.55. The molecule has 0 spiro atoms. The van der Waals surface area contributed by atoms with Crippen LogP contribution in [0.15, 0.2) is 46.9 Å². The predicted octanol–water partition coefficient (Wildman–Crippen LogP) is 2.73. The molecule has 1 heterocycles. The first-order chi connectivity index (χ1) is 8.66. The Morgan fingerprint density at radius 3 is 2.61 bits per heavy atom. The molecule has 4 nitrogen and oxygen atoms in total. The molecule has 0 fully saturated rings. The number of furan rings is 1. The molecule has 0 unspecified atom stereocenters. The molecule has 2 aromatic rings. The van der Waals surface area contributed by atoms with E-state index in [1.54, 1.807) is 0 Å². The average molecular weight is 245 g/mol. The molecule has 0 saturated heterocycles. The van der Waals surface area contributed by atoms with Gasteiger partial charge in [-0.1, -0.05) is 30.3 Å². The molecule has 0 atom stereocenters. The van der Waals surface area contributed by atoms with Gasteiger partial charge >= 0.3 is 0 Å². The van der Waals surface area contributed by atoms with E-state index in [9.17, 15) is 10.0 Å². The normalized spacial score (nSPS) is 10.3. The smallest absolute Gasteiger partial charge is 0.242 e. The summed E-state index contributed by atoms with van der Waals surface area (Å²) >= 11 is 0. The van der Waals surface area contributed by atoms with Gasteiger partial charge < -0.3 is 4.42 Å². The molecule has 1 amide bonds. The van der Waals surface area contributed by atoms with E-state index in [1.165, 1.54) is 6.92 Å². The molecule has 1 N–H and O–H groups in total. The SMILES string of the molecule is CC(=O)N(O)CCc1ccc(-c2ccccc2)o1. The third-order valence-electron chi connectivity index (χ3n) is 2.65. The molecular formula is C14H15NO3. The van der Waals surface area contributed by atoms with Crippen molar-refractivity contribution in [2.24, 2.45) is 0 Å². The van der Waals surface area contributed by atoms with Gasteiger partial charge in [-0.2, -0.15) is 0 Å². The maximum absolute atomic E-state index is 10.8. The molecular weight excluding hydrogens is 230 g/mol. The second-order valence-corrected chi connectivity index (χ2v) is 4.02. The van der Waals surface area contributed by atoms with E-state index in [4.69, 9.17) is 4.42 Å². The van der Waals surface area contributed by atoms with E-state index in [-0.39, 0.29) is 12.5 Å². The van der Waals surface area contributed by atoms with Crippen LogP contribution in [0.3, 0.4) is 0 Å². The van der Waals surface area contributed by atoms with E-state index in [2.05, 4.69) is 0 Å². The van der Waals surface area contributed by atoms with Gasteiger partial charge in [-0.05, 0) is 12.1 Å². The van der Waals surface area contributed by atoms with Crippen LogP contribution < -0.4 is 0 Å². The van der Waals surface area contributed by atoms with Crippen LogP contribution >= 0.6 is 0 Å². The van der Waals surface area contributed by atoms with Crippen LogP contribution in [0.4, 0.5) is 0 Å². The summed E-state index contributed by atoms with van der Waals surface area (Å²) in [6.07, 6.45) is 0.489. The van der Waals surface area contributed by atoms with E-state index < -0.39 is 0 Å². The molecule has 1 aromatic heterocycles. The number of amides is 1. The molecule has 0 bridgehead atoms. The lowest BCUT2D eigenvalue weighted by molar-refractivity contribution is -0.162. The fourth-order valence-corrected chi connectivity index (χ4v) is 1.64. The average Bonchev–Trinajstić information content (AvgIpc) is 2.85. The summed E-state index contributed by atoms with van der Waals surface area (Å²) in [4.78, 5) is 10.8. The topological polar surface area (TPSA) is 53.7 Å². The Bertz CT molecular complexity index is 519. The second kappa shape index (κ2) is 5.51. The van der Waals surface area contributed by atoms with Crippen molar-refractivity contribution in [3.05, 3.63) is 48.2 Å². The lowest BCUT2D eigenvalue weighted by Gasteiger charge is -2.10. The van der Waals surface area contributed by atoms with Crippen molar-refractivity contribution in [1.29, 1.82) is 0 Å². The van der Waals surface area contributed by atoms with E-state index in [1.807, 2.05) is 42.5 Å². The lowest BCUT2D eigenvalue weighted by atomic mass is 10.2. The standard InChI is InChI=1S/C14H15NO3/c1-11(16)15(17)10-9-13-7-8-14(18-13)12-5-3-2-4-6-12/h2-8,17H,9-10H2,1H3. The van der Waals surface area contributed by atoms with Gasteiger partial charge in [0.15, 0.2) is 0 Å². The van der Waals surface area contributed by atoms with Crippen LogP contribution in [0.2, 0.25) is 0 Å². The van der Waals surface area contributed by atoms with Crippen LogP contribution in [0.25, 0.3) is 11.3 Å². The molecule has 0 aliphatic heterocycles.